The first-order valence-electron chi connectivity index (χ1n) is 6.71. The zero-order chi connectivity index (χ0) is 14.7. The number of hydrogen-bond donors (Lipinski definition) is 2. The molecular formula is C14H14N4O3. The summed E-state index contributed by atoms with van der Waals surface area (Å²) in [6.07, 6.45) is 3.62. The van der Waals surface area contributed by atoms with E-state index in [1.54, 1.807) is 12.1 Å². The Bertz CT molecular complexity index is 709. The van der Waals surface area contributed by atoms with E-state index < -0.39 is 5.56 Å². The summed E-state index contributed by atoms with van der Waals surface area (Å²) < 4.78 is 10.7. The molecule has 0 aromatic carbocycles. The molecule has 1 aliphatic rings. The van der Waals surface area contributed by atoms with Crippen molar-refractivity contribution in [3.8, 4) is 17.5 Å². The van der Waals surface area contributed by atoms with Crippen molar-refractivity contribution < 1.29 is 9.15 Å². The van der Waals surface area contributed by atoms with E-state index in [0.717, 1.165) is 19.4 Å². The molecule has 0 unspecified atom stereocenters. The Morgan fingerprint density at radius 1 is 1.57 bits per heavy atom. The average molecular weight is 286 g/mol. The quantitative estimate of drug-likeness (QED) is 0.882. The van der Waals surface area contributed by atoms with Crippen molar-refractivity contribution in [1.82, 2.24) is 9.97 Å². The lowest BCUT2D eigenvalue weighted by molar-refractivity contribution is 0.120. The molecule has 1 atom stereocenters. The van der Waals surface area contributed by atoms with Crippen LogP contribution in [0.25, 0.3) is 11.5 Å². The molecule has 7 nitrogen and oxygen atoms in total. The smallest absolute Gasteiger partial charge is 0.270 e. The minimum atomic E-state index is -0.492. The number of H-pyrrole nitrogens is 1. The molecular weight excluding hydrogens is 272 g/mol. The van der Waals surface area contributed by atoms with Crippen molar-refractivity contribution in [3.05, 3.63) is 34.3 Å². The molecule has 1 aliphatic heterocycles. The molecule has 0 bridgehead atoms. The van der Waals surface area contributed by atoms with Crippen LogP contribution in [0.3, 0.4) is 0 Å². The van der Waals surface area contributed by atoms with Crippen LogP contribution in [0.1, 0.15) is 18.4 Å². The number of aromatic nitrogens is 2. The molecule has 1 fully saturated rings. The van der Waals surface area contributed by atoms with Crippen LogP contribution < -0.4 is 10.9 Å². The number of aromatic amines is 1. The van der Waals surface area contributed by atoms with Gasteiger partial charge in [-0.25, -0.2) is 4.98 Å². The number of hydrogen-bond acceptors (Lipinski definition) is 6. The van der Waals surface area contributed by atoms with Gasteiger partial charge in [-0.3, -0.25) is 9.78 Å². The second-order valence-electron chi connectivity index (χ2n) is 4.74. The lowest BCUT2D eigenvalue weighted by atomic mass is 10.2. The normalized spacial score (nSPS) is 17.6. The molecule has 2 aromatic rings. The van der Waals surface area contributed by atoms with Crippen molar-refractivity contribution in [2.45, 2.75) is 18.9 Å². The summed E-state index contributed by atoms with van der Waals surface area (Å²) in [6.45, 7) is 1.33. The Labute approximate surface area is 120 Å². The van der Waals surface area contributed by atoms with Gasteiger partial charge in [0.25, 0.3) is 5.56 Å². The molecule has 0 radical (unpaired) electrons. The van der Waals surface area contributed by atoms with Crippen LogP contribution in [0, 0.1) is 11.3 Å². The monoisotopic (exact) mass is 286 g/mol. The van der Waals surface area contributed by atoms with E-state index in [4.69, 9.17) is 14.4 Å². The summed E-state index contributed by atoms with van der Waals surface area (Å²) >= 11 is 0. The lowest BCUT2D eigenvalue weighted by Gasteiger charge is -2.11. The summed E-state index contributed by atoms with van der Waals surface area (Å²) in [5.41, 5.74) is -0.317. The highest BCUT2D eigenvalue weighted by Gasteiger charge is 2.18. The van der Waals surface area contributed by atoms with Crippen LogP contribution in [0.2, 0.25) is 0 Å². The third-order valence-electron chi connectivity index (χ3n) is 3.31. The summed E-state index contributed by atoms with van der Waals surface area (Å²) in [7, 11) is 0. The third kappa shape index (κ3) is 2.80. The molecule has 1 saturated heterocycles. The summed E-state index contributed by atoms with van der Waals surface area (Å²) in [5, 5.41) is 12.1. The van der Waals surface area contributed by atoms with Gasteiger partial charge < -0.3 is 14.5 Å². The number of ether oxygens (including phenoxy) is 1. The minimum absolute atomic E-state index is 0.0624. The summed E-state index contributed by atoms with van der Waals surface area (Å²) in [6, 6.07) is 5.20. The maximum Gasteiger partial charge on any atom is 0.270 e. The highest BCUT2D eigenvalue weighted by molar-refractivity contribution is 5.62. The van der Waals surface area contributed by atoms with E-state index in [1.165, 1.54) is 6.26 Å². The molecule has 3 rings (SSSR count). The largest absolute Gasteiger partial charge is 0.463 e. The molecule has 0 saturated carbocycles. The summed E-state index contributed by atoms with van der Waals surface area (Å²) in [5.74, 6) is 0.693. The van der Waals surface area contributed by atoms with Gasteiger partial charge in [-0.15, -0.1) is 0 Å². The van der Waals surface area contributed by atoms with Crippen molar-refractivity contribution >= 4 is 5.95 Å². The van der Waals surface area contributed by atoms with Crippen molar-refractivity contribution in [2.75, 3.05) is 18.5 Å². The van der Waals surface area contributed by atoms with Crippen LogP contribution in [0.4, 0.5) is 5.95 Å². The first kappa shape index (κ1) is 13.4. The maximum absolute atomic E-state index is 12.0. The number of nitriles is 1. The standard InChI is InChI=1S/C14H14N4O3/c15-7-10-12(11-4-2-6-21-11)17-14(18-13(10)19)16-8-9-3-1-5-20-9/h2,4,6,9H,1,3,5,8H2,(H2,16,17,18,19)/t9-/m0/s1. The van der Waals surface area contributed by atoms with Crippen LogP contribution >= 0.6 is 0 Å². The molecule has 3 heterocycles. The fourth-order valence-electron chi connectivity index (χ4n) is 2.27. The Hall–Kier alpha value is -2.59. The minimum Gasteiger partial charge on any atom is -0.463 e. The van der Waals surface area contributed by atoms with E-state index in [9.17, 15) is 4.79 Å². The highest BCUT2D eigenvalue weighted by atomic mass is 16.5. The topological polar surface area (TPSA) is 104 Å². The van der Waals surface area contributed by atoms with Crippen molar-refractivity contribution in [2.24, 2.45) is 0 Å². The molecule has 2 aromatic heterocycles. The number of nitrogens with one attached hydrogen (secondary N) is 2. The highest BCUT2D eigenvalue weighted by Crippen LogP contribution is 2.20. The van der Waals surface area contributed by atoms with E-state index >= 15 is 0 Å². The maximum atomic E-state index is 12.0. The molecule has 0 amide bonds. The molecule has 0 aliphatic carbocycles. The van der Waals surface area contributed by atoms with Gasteiger partial charge >= 0.3 is 0 Å². The number of furan rings is 1. The zero-order valence-electron chi connectivity index (χ0n) is 11.3. The molecule has 21 heavy (non-hydrogen) atoms. The number of rotatable bonds is 4. The second-order valence-corrected chi connectivity index (χ2v) is 4.74. The molecule has 108 valence electrons. The Balaban J connectivity index is 1.88. The molecule has 2 N–H and O–H groups in total. The zero-order valence-corrected chi connectivity index (χ0v) is 11.3. The SMILES string of the molecule is N#Cc1c(-c2ccco2)nc(NC[C@@H]2CCCO2)[nH]c1=O. The van der Waals surface area contributed by atoms with Gasteiger partial charge in [0, 0.05) is 13.2 Å². The van der Waals surface area contributed by atoms with E-state index in [1.807, 2.05) is 6.07 Å². The fraction of sp³-hybridized carbons (Fsp3) is 0.357. The van der Waals surface area contributed by atoms with E-state index in [0.29, 0.717) is 18.3 Å². The van der Waals surface area contributed by atoms with Crippen molar-refractivity contribution in [3.63, 3.8) is 0 Å². The summed E-state index contributed by atoms with van der Waals surface area (Å²) in [4.78, 5) is 18.8. The third-order valence-corrected chi connectivity index (χ3v) is 3.31. The number of anilines is 1. The fourth-order valence-corrected chi connectivity index (χ4v) is 2.27. The number of nitrogens with zero attached hydrogens (tertiary/aromatic N) is 2. The molecule has 7 heteroatoms. The second kappa shape index (κ2) is 5.81. The first-order chi connectivity index (χ1) is 10.3. The van der Waals surface area contributed by atoms with Gasteiger partial charge in [-0.05, 0) is 25.0 Å². The van der Waals surface area contributed by atoms with Gasteiger partial charge in [0.15, 0.2) is 5.76 Å². The van der Waals surface area contributed by atoms with Crippen LogP contribution in [-0.4, -0.2) is 29.2 Å². The van der Waals surface area contributed by atoms with Crippen LogP contribution in [0.15, 0.2) is 27.6 Å². The predicted molar refractivity (Wildman–Crippen MR) is 74.7 cm³/mol. The van der Waals surface area contributed by atoms with Gasteiger partial charge in [-0.1, -0.05) is 0 Å². The Kier molecular flexibility index (Phi) is 3.71. The molecule has 0 spiro atoms. The first-order valence-corrected chi connectivity index (χ1v) is 6.71. The lowest BCUT2D eigenvalue weighted by Crippen LogP contribution is -2.23. The van der Waals surface area contributed by atoms with Gasteiger partial charge in [0.2, 0.25) is 5.95 Å². The van der Waals surface area contributed by atoms with Crippen LogP contribution in [-0.2, 0) is 4.74 Å². The average Bonchev–Trinajstić information content (AvgIpc) is 3.17. The Morgan fingerprint density at radius 3 is 3.14 bits per heavy atom. The van der Waals surface area contributed by atoms with Crippen LogP contribution in [0.5, 0.6) is 0 Å². The van der Waals surface area contributed by atoms with Gasteiger partial charge in [0.1, 0.15) is 17.3 Å². The van der Waals surface area contributed by atoms with E-state index in [2.05, 4.69) is 15.3 Å². The van der Waals surface area contributed by atoms with Gasteiger partial charge in [0.05, 0.1) is 12.4 Å². The van der Waals surface area contributed by atoms with Crippen molar-refractivity contribution in [1.29, 1.82) is 5.26 Å². The van der Waals surface area contributed by atoms with E-state index in [-0.39, 0.29) is 17.4 Å². The van der Waals surface area contributed by atoms with Gasteiger partial charge in [-0.2, -0.15) is 5.26 Å². The predicted octanol–water partition coefficient (Wildman–Crippen LogP) is 1.49. The Morgan fingerprint density at radius 2 is 2.48 bits per heavy atom.